The van der Waals surface area contributed by atoms with Gasteiger partial charge in [-0.15, -0.1) is 11.3 Å². The first kappa shape index (κ1) is 17.1. The van der Waals surface area contributed by atoms with Crippen LogP contribution in [0, 0.1) is 25.7 Å². The third-order valence-corrected chi connectivity index (χ3v) is 6.08. The Labute approximate surface area is 124 Å². The lowest BCUT2D eigenvalue weighted by Gasteiger charge is -2.15. The molecule has 0 fully saturated rings. The summed E-state index contributed by atoms with van der Waals surface area (Å²) in [6.07, 6.45) is 0.445. The highest BCUT2D eigenvalue weighted by Crippen LogP contribution is 2.25. The Kier molecular flexibility index (Phi) is 5.73. The molecule has 1 atom stereocenters. The molecule has 5 nitrogen and oxygen atoms in total. The number of hydrogen-bond acceptors (Lipinski definition) is 4. The number of rotatable bonds is 7. The van der Waals surface area contributed by atoms with Crippen LogP contribution in [0.1, 0.15) is 30.7 Å². The molecule has 0 saturated carbocycles. The van der Waals surface area contributed by atoms with Crippen molar-refractivity contribution in [2.45, 2.75) is 38.3 Å². The van der Waals surface area contributed by atoms with Gasteiger partial charge in [0.25, 0.3) is 0 Å². The summed E-state index contributed by atoms with van der Waals surface area (Å²) in [6, 6.07) is 1.81. The molecular formula is C13H21NO4S2. The number of aryl methyl sites for hydroxylation is 2. The Hall–Kier alpha value is -0.920. The van der Waals surface area contributed by atoms with Crippen molar-refractivity contribution in [3.63, 3.8) is 0 Å². The van der Waals surface area contributed by atoms with Gasteiger partial charge >= 0.3 is 5.97 Å². The summed E-state index contributed by atoms with van der Waals surface area (Å²) < 4.78 is 27.1. The predicted octanol–water partition coefficient (Wildman–Crippen LogP) is 2.39. The summed E-state index contributed by atoms with van der Waals surface area (Å²) in [6.45, 7) is 7.33. The fourth-order valence-electron chi connectivity index (χ4n) is 2.00. The van der Waals surface area contributed by atoms with Crippen LogP contribution < -0.4 is 4.72 Å². The van der Waals surface area contributed by atoms with Gasteiger partial charge in [0.1, 0.15) is 4.21 Å². The highest BCUT2D eigenvalue weighted by atomic mass is 32.2. The minimum atomic E-state index is -3.63. The molecule has 0 radical (unpaired) electrons. The molecule has 1 unspecified atom stereocenters. The van der Waals surface area contributed by atoms with E-state index in [1.165, 1.54) is 11.3 Å². The maximum absolute atomic E-state index is 12.2. The minimum absolute atomic E-state index is 0.0771. The van der Waals surface area contributed by atoms with E-state index in [1.807, 2.05) is 26.8 Å². The van der Waals surface area contributed by atoms with Crippen molar-refractivity contribution >= 4 is 27.3 Å². The third-order valence-electron chi connectivity index (χ3n) is 2.86. The van der Waals surface area contributed by atoms with E-state index >= 15 is 0 Å². The van der Waals surface area contributed by atoms with Gasteiger partial charge in [-0.25, -0.2) is 13.1 Å². The van der Waals surface area contributed by atoms with Gasteiger partial charge in [0.05, 0.1) is 5.92 Å². The van der Waals surface area contributed by atoms with E-state index < -0.39 is 21.9 Å². The van der Waals surface area contributed by atoms with Gasteiger partial charge in [-0.3, -0.25) is 4.79 Å². The molecule has 0 amide bonds. The number of carboxylic acids is 1. The van der Waals surface area contributed by atoms with Crippen LogP contribution in [0.5, 0.6) is 0 Å². The molecule has 1 aromatic heterocycles. The second-order valence-corrected chi connectivity index (χ2v) is 8.56. The zero-order valence-corrected chi connectivity index (χ0v) is 13.8. The van der Waals surface area contributed by atoms with Crippen LogP contribution in [0.3, 0.4) is 0 Å². The molecule has 0 aliphatic carbocycles. The maximum Gasteiger partial charge on any atom is 0.307 e. The van der Waals surface area contributed by atoms with Crippen LogP contribution in [0.4, 0.5) is 0 Å². The molecule has 7 heteroatoms. The Morgan fingerprint density at radius 3 is 2.40 bits per heavy atom. The second kappa shape index (κ2) is 6.69. The summed E-state index contributed by atoms with van der Waals surface area (Å²) in [7, 11) is -3.63. The highest BCUT2D eigenvalue weighted by molar-refractivity contribution is 7.91. The van der Waals surface area contributed by atoms with Crippen LogP contribution in [0.25, 0.3) is 0 Å². The Morgan fingerprint density at radius 2 is 2.00 bits per heavy atom. The predicted molar refractivity (Wildman–Crippen MR) is 79.6 cm³/mol. The van der Waals surface area contributed by atoms with E-state index in [1.54, 1.807) is 6.92 Å². The zero-order chi connectivity index (χ0) is 15.5. The Balaban J connectivity index is 2.81. The number of carbonyl (C=O) groups is 1. The fourth-order valence-corrected chi connectivity index (χ4v) is 4.80. The van der Waals surface area contributed by atoms with Crippen molar-refractivity contribution in [3.8, 4) is 0 Å². The number of nitrogens with one attached hydrogen (secondary N) is 1. The molecule has 2 N–H and O–H groups in total. The van der Waals surface area contributed by atoms with Crippen molar-refractivity contribution < 1.29 is 18.3 Å². The van der Waals surface area contributed by atoms with Crippen molar-refractivity contribution in [1.82, 2.24) is 4.72 Å². The molecule has 0 aliphatic heterocycles. The lowest BCUT2D eigenvalue weighted by atomic mass is 9.98. The minimum Gasteiger partial charge on any atom is -0.481 e. The fraction of sp³-hybridized carbons (Fsp3) is 0.615. The SMILES string of the molecule is Cc1cc(C)c(S(=O)(=O)NCC(CC(C)C)C(=O)O)s1. The first-order chi connectivity index (χ1) is 9.13. The molecular weight excluding hydrogens is 298 g/mol. The monoisotopic (exact) mass is 319 g/mol. The first-order valence-corrected chi connectivity index (χ1v) is 8.73. The standard InChI is InChI=1S/C13H21NO4S2/c1-8(2)5-11(12(15)16)7-14-20(17,18)13-9(3)6-10(4)19-13/h6,8,11,14H,5,7H2,1-4H3,(H,15,16). The molecule has 114 valence electrons. The lowest BCUT2D eigenvalue weighted by molar-refractivity contribution is -0.142. The van der Waals surface area contributed by atoms with Crippen molar-refractivity contribution in [2.24, 2.45) is 11.8 Å². The molecule has 0 aliphatic rings. The van der Waals surface area contributed by atoms with E-state index in [2.05, 4.69) is 4.72 Å². The van der Waals surface area contributed by atoms with Gasteiger partial charge in [0.2, 0.25) is 10.0 Å². The molecule has 0 aromatic carbocycles. The third kappa shape index (κ3) is 4.57. The van der Waals surface area contributed by atoms with Crippen molar-refractivity contribution in [2.75, 3.05) is 6.54 Å². The first-order valence-electron chi connectivity index (χ1n) is 6.43. The Bertz CT molecular complexity index is 575. The topological polar surface area (TPSA) is 83.5 Å². The molecule has 1 rings (SSSR count). The summed E-state index contributed by atoms with van der Waals surface area (Å²) >= 11 is 1.20. The van der Waals surface area contributed by atoms with Gasteiger partial charge in [-0.05, 0) is 37.8 Å². The lowest BCUT2D eigenvalue weighted by Crippen LogP contribution is -2.33. The van der Waals surface area contributed by atoms with E-state index in [0.717, 1.165) is 4.88 Å². The van der Waals surface area contributed by atoms with Crippen LogP contribution in [0.2, 0.25) is 0 Å². The molecule has 0 spiro atoms. The zero-order valence-electron chi connectivity index (χ0n) is 12.1. The van der Waals surface area contributed by atoms with Gasteiger partial charge in [0.15, 0.2) is 0 Å². The summed E-state index contributed by atoms with van der Waals surface area (Å²) in [4.78, 5) is 12.0. The van der Waals surface area contributed by atoms with Crippen LogP contribution >= 0.6 is 11.3 Å². The highest BCUT2D eigenvalue weighted by Gasteiger charge is 2.24. The van der Waals surface area contributed by atoms with Gasteiger partial charge < -0.3 is 5.11 Å². The van der Waals surface area contributed by atoms with E-state index in [0.29, 0.717) is 12.0 Å². The quantitative estimate of drug-likeness (QED) is 0.808. The number of aliphatic carboxylic acids is 1. The smallest absolute Gasteiger partial charge is 0.307 e. The van der Waals surface area contributed by atoms with E-state index in [4.69, 9.17) is 5.11 Å². The van der Waals surface area contributed by atoms with Gasteiger partial charge in [-0.1, -0.05) is 13.8 Å². The largest absolute Gasteiger partial charge is 0.481 e. The van der Waals surface area contributed by atoms with Gasteiger partial charge in [-0.2, -0.15) is 0 Å². The number of carboxylic acid groups (broad SMARTS) is 1. The van der Waals surface area contributed by atoms with E-state index in [9.17, 15) is 13.2 Å². The summed E-state index contributed by atoms with van der Waals surface area (Å²) in [5.74, 6) is -1.47. The van der Waals surface area contributed by atoms with E-state index in [-0.39, 0.29) is 16.7 Å². The van der Waals surface area contributed by atoms with Crippen molar-refractivity contribution in [3.05, 3.63) is 16.5 Å². The molecule has 20 heavy (non-hydrogen) atoms. The normalized spacial score (nSPS) is 13.7. The van der Waals surface area contributed by atoms with Crippen LogP contribution in [-0.2, 0) is 14.8 Å². The number of hydrogen-bond donors (Lipinski definition) is 2. The van der Waals surface area contributed by atoms with Crippen LogP contribution in [-0.4, -0.2) is 26.0 Å². The Morgan fingerprint density at radius 1 is 1.40 bits per heavy atom. The number of sulfonamides is 1. The number of thiophene rings is 1. The maximum atomic E-state index is 12.2. The summed E-state index contributed by atoms with van der Waals surface area (Å²) in [5, 5.41) is 9.12. The summed E-state index contributed by atoms with van der Waals surface area (Å²) in [5.41, 5.74) is 0.690. The van der Waals surface area contributed by atoms with Crippen molar-refractivity contribution in [1.29, 1.82) is 0 Å². The molecule has 1 aromatic rings. The average Bonchev–Trinajstić information content (AvgIpc) is 2.63. The van der Waals surface area contributed by atoms with Gasteiger partial charge in [0, 0.05) is 11.4 Å². The van der Waals surface area contributed by atoms with Crippen LogP contribution in [0.15, 0.2) is 10.3 Å². The molecule has 1 heterocycles. The average molecular weight is 319 g/mol. The second-order valence-electron chi connectivity index (χ2n) is 5.34. The molecule has 0 bridgehead atoms. The molecule has 0 saturated heterocycles.